The molecule has 4 rings (SSSR count). The van der Waals surface area contributed by atoms with Gasteiger partial charge in [0.05, 0.1) is 6.04 Å². The number of nitrogens with zero attached hydrogens (tertiary/aromatic N) is 2. The molecule has 130 valence electrons. The third kappa shape index (κ3) is 2.93. The third-order valence-corrected chi connectivity index (χ3v) is 5.35. The zero-order valence-corrected chi connectivity index (χ0v) is 13.9. The van der Waals surface area contributed by atoms with Gasteiger partial charge in [0.15, 0.2) is 0 Å². The van der Waals surface area contributed by atoms with Gasteiger partial charge in [-0.05, 0) is 55.5 Å². The van der Waals surface area contributed by atoms with Crippen molar-refractivity contribution in [1.82, 2.24) is 10.3 Å². The SMILES string of the molecule is Cl.O=C(C1C2CCC1CNC2)N1N=CCC1c1cc(F)cc(F)c1. The van der Waals surface area contributed by atoms with E-state index in [0.717, 1.165) is 32.0 Å². The number of halogens is 3. The Bertz CT molecular complexity index is 633. The van der Waals surface area contributed by atoms with E-state index in [0.29, 0.717) is 23.8 Å². The Morgan fingerprint density at radius 1 is 1.12 bits per heavy atom. The van der Waals surface area contributed by atoms with E-state index in [2.05, 4.69) is 10.4 Å². The smallest absolute Gasteiger partial charge is 0.247 e. The minimum Gasteiger partial charge on any atom is -0.316 e. The summed E-state index contributed by atoms with van der Waals surface area (Å²) in [5.41, 5.74) is 0.467. The van der Waals surface area contributed by atoms with Gasteiger partial charge in [0.2, 0.25) is 5.91 Å². The average molecular weight is 356 g/mol. The highest BCUT2D eigenvalue weighted by Crippen LogP contribution is 2.42. The van der Waals surface area contributed by atoms with Crippen LogP contribution in [0.1, 0.15) is 30.9 Å². The van der Waals surface area contributed by atoms with E-state index in [4.69, 9.17) is 0 Å². The molecule has 24 heavy (non-hydrogen) atoms. The van der Waals surface area contributed by atoms with Crippen molar-refractivity contribution in [2.75, 3.05) is 13.1 Å². The lowest BCUT2D eigenvalue weighted by Crippen LogP contribution is -2.46. The number of benzene rings is 1. The predicted octanol–water partition coefficient (Wildman–Crippen LogP) is 2.89. The molecule has 1 aromatic carbocycles. The number of carbonyl (C=O) groups is 1. The van der Waals surface area contributed by atoms with Gasteiger partial charge in [-0.15, -0.1) is 12.4 Å². The summed E-state index contributed by atoms with van der Waals surface area (Å²) in [4.78, 5) is 13.0. The van der Waals surface area contributed by atoms with Crippen LogP contribution in [-0.2, 0) is 4.79 Å². The fraction of sp³-hybridized carbons (Fsp3) is 0.529. The van der Waals surface area contributed by atoms with E-state index in [-0.39, 0.29) is 24.2 Å². The van der Waals surface area contributed by atoms with Crippen LogP contribution in [0.3, 0.4) is 0 Å². The molecule has 7 heteroatoms. The van der Waals surface area contributed by atoms with Gasteiger partial charge in [-0.25, -0.2) is 13.8 Å². The van der Waals surface area contributed by atoms with Crippen molar-refractivity contribution >= 4 is 24.5 Å². The summed E-state index contributed by atoms with van der Waals surface area (Å²) >= 11 is 0. The molecule has 1 saturated carbocycles. The molecule has 3 aliphatic rings. The van der Waals surface area contributed by atoms with E-state index in [1.165, 1.54) is 17.1 Å². The fourth-order valence-electron chi connectivity index (χ4n) is 4.31. The maximum absolute atomic E-state index is 13.5. The largest absolute Gasteiger partial charge is 0.316 e. The molecule has 2 bridgehead atoms. The van der Waals surface area contributed by atoms with Crippen molar-refractivity contribution < 1.29 is 13.6 Å². The highest BCUT2D eigenvalue weighted by atomic mass is 35.5. The lowest BCUT2D eigenvalue weighted by Gasteiger charge is -2.33. The number of hydrazone groups is 1. The van der Waals surface area contributed by atoms with E-state index >= 15 is 0 Å². The monoisotopic (exact) mass is 355 g/mol. The van der Waals surface area contributed by atoms with Crippen molar-refractivity contribution in [2.24, 2.45) is 22.9 Å². The molecule has 2 aliphatic heterocycles. The molecular formula is C17H20ClF2N3O. The van der Waals surface area contributed by atoms with Crippen LogP contribution in [0.5, 0.6) is 0 Å². The van der Waals surface area contributed by atoms with E-state index in [9.17, 15) is 13.6 Å². The molecule has 1 aliphatic carbocycles. The average Bonchev–Trinajstić information content (AvgIpc) is 3.09. The van der Waals surface area contributed by atoms with E-state index in [1.807, 2.05) is 0 Å². The normalized spacial score (nSPS) is 31.2. The second kappa shape index (κ2) is 6.76. The van der Waals surface area contributed by atoms with Crippen LogP contribution < -0.4 is 5.32 Å². The zero-order valence-electron chi connectivity index (χ0n) is 13.1. The number of nitrogens with one attached hydrogen (secondary N) is 1. The summed E-state index contributed by atoms with van der Waals surface area (Å²) in [5.74, 6) is -0.568. The summed E-state index contributed by atoms with van der Waals surface area (Å²) in [6, 6.07) is 3.03. The third-order valence-electron chi connectivity index (χ3n) is 5.35. The predicted molar refractivity (Wildman–Crippen MR) is 88.9 cm³/mol. The van der Waals surface area contributed by atoms with E-state index in [1.54, 1.807) is 6.21 Å². The first kappa shape index (κ1) is 17.3. The minimum absolute atomic E-state index is 0. The van der Waals surface area contributed by atoms with Crippen LogP contribution in [0.4, 0.5) is 8.78 Å². The number of hydrogen-bond donors (Lipinski definition) is 1. The molecule has 2 fully saturated rings. The van der Waals surface area contributed by atoms with Gasteiger partial charge in [-0.1, -0.05) is 0 Å². The molecular weight excluding hydrogens is 336 g/mol. The first-order chi connectivity index (χ1) is 11.1. The van der Waals surface area contributed by atoms with Crippen molar-refractivity contribution in [3.05, 3.63) is 35.4 Å². The van der Waals surface area contributed by atoms with Gasteiger partial charge in [-0.3, -0.25) is 4.79 Å². The first-order valence-corrected chi connectivity index (χ1v) is 8.15. The Hall–Kier alpha value is -1.53. The van der Waals surface area contributed by atoms with Crippen LogP contribution in [0.25, 0.3) is 0 Å². The number of amides is 1. The number of fused-ring (bicyclic) bond motifs is 2. The number of hydrogen-bond acceptors (Lipinski definition) is 3. The standard InChI is InChI=1S/C17H19F2N3O.ClH/c18-13-5-12(6-14(19)7-13)15-3-4-21-22(15)17(23)16-10-1-2-11(16)9-20-8-10;/h4-7,10-11,15-16,20H,1-3,8-9H2;1H. The zero-order chi connectivity index (χ0) is 16.0. The van der Waals surface area contributed by atoms with Crippen LogP contribution in [0.2, 0.25) is 0 Å². The maximum Gasteiger partial charge on any atom is 0.247 e. The van der Waals surface area contributed by atoms with Crippen LogP contribution >= 0.6 is 12.4 Å². The second-order valence-electron chi connectivity index (χ2n) is 6.72. The molecule has 0 spiro atoms. The van der Waals surface area contributed by atoms with Crippen LogP contribution in [-0.4, -0.2) is 30.2 Å². The molecule has 1 N–H and O–H groups in total. The van der Waals surface area contributed by atoms with Gasteiger partial charge in [0, 0.05) is 24.6 Å². The number of rotatable bonds is 2. The molecule has 0 aromatic heterocycles. The Labute approximate surface area is 145 Å². The number of piperidine rings is 1. The highest BCUT2D eigenvalue weighted by Gasteiger charge is 2.46. The quantitative estimate of drug-likeness (QED) is 0.886. The van der Waals surface area contributed by atoms with Crippen molar-refractivity contribution in [3.63, 3.8) is 0 Å². The number of carbonyl (C=O) groups excluding carboxylic acids is 1. The maximum atomic E-state index is 13.5. The minimum atomic E-state index is -0.624. The first-order valence-electron chi connectivity index (χ1n) is 8.15. The molecule has 1 saturated heterocycles. The van der Waals surface area contributed by atoms with Crippen LogP contribution in [0.15, 0.2) is 23.3 Å². The Balaban J connectivity index is 0.00000169. The van der Waals surface area contributed by atoms with Crippen molar-refractivity contribution in [1.29, 1.82) is 0 Å². The van der Waals surface area contributed by atoms with Crippen LogP contribution in [0, 0.1) is 29.4 Å². The lowest BCUT2D eigenvalue weighted by molar-refractivity contribution is -0.140. The summed E-state index contributed by atoms with van der Waals surface area (Å²) in [5, 5.41) is 9.04. The lowest BCUT2D eigenvalue weighted by atomic mass is 9.85. The van der Waals surface area contributed by atoms with Gasteiger partial charge in [-0.2, -0.15) is 5.10 Å². The Kier molecular flexibility index (Phi) is 4.88. The summed E-state index contributed by atoms with van der Waals surface area (Å²) < 4.78 is 27.0. The van der Waals surface area contributed by atoms with Crippen molar-refractivity contribution in [2.45, 2.75) is 25.3 Å². The van der Waals surface area contributed by atoms with Gasteiger partial charge < -0.3 is 5.32 Å². The highest BCUT2D eigenvalue weighted by molar-refractivity contribution is 5.85. The molecule has 2 heterocycles. The fourth-order valence-corrected chi connectivity index (χ4v) is 4.31. The summed E-state index contributed by atoms with van der Waals surface area (Å²) in [6.07, 6.45) is 4.28. The Morgan fingerprint density at radius 3 is 2.38 bits per heavy atom. The van der Waals surface area contributed by atoms with Crippen molar-refractivity contribution in [3.8, 4) is 0 Å². The topological polar surface area (TPSA) is 44.7 Å². The second-order valence-corrected chi connectivity index (χ2v) is 6.72. The molecule has 0 radical (unpaired) electrons. The summed E-state index contributed by atoms with van der Waals surface area (Å²) in [7, 11) is 0. The van der Waals surface area contributed by atoms with E-state index < -0.39 is 17.7 Å². The van der Waals surface area contributed by atoms with Gasteiger partial charge >= 0.3 is 0 Å². The molecule has 1 amide bonds. The molecule has 3 unspecified atom stereocenters. The summed E-state index contributed by atoms with van der Waals surface area (Å²) in [6.45, 7) is 1.73. The molecule has 1 aromatic rings. The van der Waals surface area contributed by atoms with Gasteiger partial charge in [0.1, 0.15) is 11.6 Å². The Morgan fingerprint density at radius 2 is 1.75 bits per heavy atom. The molecule has 3 atom stereocenters. The molecule has 4 nitrogen and oxygen atoms in total. The van der Waals surface area contributed by atoms with Gasteiger partial charge in [0.25, 0.3) is 0 Å².